The van der Waals surface area contributed by atoms with Gasteiger partial charge in [-0.2, -0.15) is 5.26 Å². The molecule has 0 saturated carbocycles. The van der Waals surface area contributed by atoms with Gasteiger partial charge in [0.1, 0.15) is 12.4 Å². The summed E-state index contributed by atoms with van der Waals surface area (Å²) in [7, 11) is 0. The van der Waals surface area contributed by atoms with E-state index in [2.05, 4.69) is 47.1 Å². The van der Waals surface area contributed by atoms with Gasteiger partial charge in [0.2, 0.25) is 0 Å². The minimum absolute atomic E-state index is 0.0231. The highest BCUT2D eigenvalue weighted by molar-refractivity contribution is 5.77. The lowest BCUT2D eigenvalue weighted by atomic mass is 10.2. The Balaban J connectivity index is 1.53. The molecule has 0 unspecified atom stereocenters. The molecule has 0 atom stereocenters. The first-order chi connectivity index (χ1) is 13.7. The molecule has 6 heteroatoms. The van der Waals surface area contributed by atoms with Crippen LogP contribution in [0.5, 0.6) is 0 Å². The molecule has 4 rings (SSSR count). The number of nitrogens with zero attached hydrogens (tertiary/aromatic N) is 5. The second-order valence-corrected chi connectivity index (χ2v) is 7.20. The van der Waals surface area contributed by atoms with E-state index in [4.69, 9.17) is 4.98 Å². The highest BCUT2D eigenvalue weighted by atomic mass is 16.1. The highest BCUT2D eigenvalue weighted by Crippen LogP contribution is 2.18. The van der Waals surface area contributed by atoms with Gasteiger partial charge in [-0.25, -0.2) is 4.98 Å². The zero-order valence-electron chi connectivity index (χ0n) is 16.0. The monoisotopic (exact) mass is 373 g/mol. The zero-order chi connectivity index (χ0) is 19.5. The molecule has 28 heavy (non-hydrogen) atoms. The molecule has 1 saturated heterocycles. The summed E-state index contributed by atoms with van der Waals surface area (Å²) in [6, 6.07) is 18.0. The van der Waals surface area contributed by atoms with Gasteiger partial charge in [-0.15, -0.1) is 0 Å². The number of para-hydroxylation sites is 1. The van der Waals surface area contributed by atoms with E-state index in [1.54, 1.807) is 6.07 Å². The molecule has 1 aromatic heterocycles. The van der Waals surface area contributed by atoms with E-state index in [0.717, 1.165) is 26.2 Å². The third kappa shape index (κ3) is 3.62. The lowest BCUT2D eigenvalue weighted by Gasteiger charge is -2.36. The number of hydrogen-bond donors (Lipinski definition) is 0. The van der Waals surface area contributed by atoms with Crippen LogP contribution in [0, 0.1) is 18.3 Å². The number of hydrogen-bond acceptors (Lipinski definition) is 5. The number of fused-ring (bicyclic) bond motifs is 1. The molecule has 1 aliphatic rings. The molecule has 0 amide bonds. The molecule has 6 nitrogen and oxygen atoms in total. The predicted octanol–water partition coefficient (Wildman–Crippen LogP) is 2.55. The van der Waals surface area contributed by atoms with E-state index in [9.17, 15) is 10.1 Å². The highest BCUT2D eigenvalue weighted by Gasteiger charge is 2.20. The van der Waals surface area contributed by atoms with Crippen molar-refractivity contribution >= 4 is 16.6 Å². The van der Waals surface area contributed by atoms with Crippen LogP contribution >= 0.6 is 0 Å². The number of piperazine rings is 1. The van der Waals surface area contributed by atoms with Crippen molar-refractivity contribution in [3.8, 4) is 6.07 Å². The number of rotatable bonds is 4. The first-order valence-electron chi connectivity index (χ1n) is 9.55. The summed E-state index contributed by atoms with van der Waals surface area (Å²) in [4.78, 5) is 22.2. The van der Waals surface area contributed by atoms with Crippen molar-refractivity contribution < 1.29 is 0 Å². The Morgan fingerprint density at radius 1 is 1.07 bits per heavy atom. The molecule has 0 aliphatic carbocycles. The second-order valence-electron chi connectivity index (χ2n) is 7.20. The molecule has 0 bridgehead atoms. The maximum atomic E-state index is 12.8. The van der Waals surface area contributed by atoms with Gasteiger partial charge < -0.3 is 4.90 Å². The Labute approximate surface area is 164 Å². The second kappa shape index (κ2) is 7.83. The summed E-state index contributed by atoms with van der Waals surface area (Å²) in [6.07, 6.45) is 0. The number of nitriles is 1. The third-order valence-electron chi connectivity index (χ3n) is 5.27. The molecule has 3 aromatic rings. The largest absolute Gasteiger partial charge is 0.369 e. The van der Waals surface area contributed by atoms with Gasteiger partial charge >= 0.3 is 0 Å². The summed E-state index contributed by atoms with van der Waals surface area (Å²) in [5.41, 5.74) is 3.07. The molecule has 1 fully saturated rings. The number of aryl methyl sites for hydroxylation is 1. The average Bonchev–Trinajstić information content (AvgIpc) is 2.71. The molecular weight excluding hydrogens is 350 g/mol. The predicted molar refractivity (Wildman–Crippen MR) is 110 cm³/mol. The van der Waals surface area contributed by atoms with E-state index in [1.807, 2.05) is 18.2 Å². The zero-order valence-corrected chi connectivity index (χ0v) is 16.0. The van der Waals surface area contributed by atoms with Crippen molar-refractivity contribution in [1.29, 1.82) is 5.26 Å². The summed E-state index contributed by atoms with van der Waals surface area (Å²) >= 11 is 0. The van der Waals surface area contributed by atoms with E-state index in [0.29, 0.717) is 23.3 Å². The van der Waals surface area contributed by atoms with Crippen LogP contribution in [0.4, 0.5) is 5.69 Å². The van der Waals surface area contributed by atoms with Gasteiger partial charge in [-0.1, -0.05) is 24.3 Å². The van der Waals surface area contributed by atoms with Crippen LogP contribution in [-0.2, 0) is 13.1 Å². The van der Waals surface area contributed by atoms with Crippen LogP contribution in [0.15, 0.2) is 53.3 Å². The first kappa shape index (κ1) is 18.2. The molecule has 2 heterocycles. The van der Waals surface area contributed by atoms with E-state index < -0.39 is 0 Å². The van der Waals surface area contributed by atoms with Gasteiger partial charge in [-0.3, -0.25) is 14.3 Å². The quantitative estimate of drug-likeness (QED) is 0.703. The van der Waals surface area contributed by atoms with Crippen molar-refractivity contribution in [2.45, 2.75) is 20.0 Å². The number of anilines is 1. The lowest BCUT2D eigenvalue weighted by molar-refractivity contribution is 0.240. The molecule has 142 valence electrons. The molecule has 0 spiro atoms. The fourth-order valence-corrected chi connectivity index (χ4v) is 3.76. The van der Waals surface area contributed by atoms with Crippen LogP contribution in [-0.4, -0.2) is 40.6 Å². The Hall–Kier alpha value is -3.17. The summed E-state index contributed by atoms with van der Waals surface area (Å²) in [5.74, 6) is 0.661. The van der Waals surface area contributed by atoms with Crippen molar-refractivity contribution in [3.05, 3.63) is 70.3 Å². The molecule has 0 N–H and O–H groups in total. The average molecular weight is 373 g/mol. The summed E-state index contributed by atoms with van der Waals surface area (Å²) in [5, 5.41) is 9.73. The first-order valence-corrected chi connectivity index (χ1v) is 9.55. The Morgan fingerprint density at radius 3 is 2.61 bits per heavy atom. The summed E-state index contributed by atoms with van der Waals surface area (Å²) in [6.45, 7) is 6.35. The van der Waals surface area contributed by atoms with Crippen molar-refractivity contribution in [2.75, 3.05) is 31.1 Å². The smallest absolute Gasteiger partial charge is 0.262 e. The van der Waals surface area contributed by atoms with Gasteiger partial charge in [0, 0.05) is 31.9 Å². The Kier molecular flexibility index (Phi) is 5.09. The third-order valence-corrected chi connectivity index (χ3v) is 5.27. The van der Waals surface area contributed by atoms with Gasteiger partial charge in [0.15, 0.2) is 0 Å². The van der Waals surface area contributed by atoms with E-state index in [1.165, 1.54) is 15.8 Å². The fraction of sp³-hybridized carbons (Fsp3) is 0.318. The van der Waals surface area contributed by atoms with E-state index in [-0.39, 0.29) is 12.1 Å². The fourth-order valence-electron chi connectivity index (χ4n) is 3.76. The standard InChI is InChI=1S/C22H23N5O/c1-17-5-4-6-18(15-17)26-13-11-25(12-14-26)16-21-24-20-8-3-2-7-19(20)22(28)27(21)10-9-23/h2-8,15H,10-14,16H2,1H3. The van der Waals surface area contributed by atoms with Gasteiger partial charge in [0.05, 0.1) is 23.5 Å². The minimum atomic E-state index is -0.138. The van der Waals surface area contributed by atoms with Gasteiger partial charge in [0.25, 0.3) is 5.56 Å². The number of aromatic nitrogens is 2. The van der Waals surface area contributed by atoms with Crippen molar-refractivity contribution in [1.82, 2.24) is 14.5 Å². The van der Waals surface area contributed by atoms with Crippen LogP contribution in [0.1, 0.15) is 11.4 Å². The topological polar surface area (TPSA) is 65.2 Å². The van der Waals surface area contributed by atoms with Crippen LogP contribution < -0.4 is 10.5 Å². The minimum Gasteiger partial charge on any atom is -0.369 e. The van der Waals surface area contributed by atoms with Crippen LogP contribution in [0.3, 0.4) is 0 Å². The Morgan fingerprint density at radius 2 is 1.86 bits per heavy atom. The Bertz CT molecular complexity index is 1090. The van der Waals surface area contributed by atoms with Crippen molar-refractivity contribution in [2.24, 2.45) is 0 Å². The SMILES string of the molecule is Cc1cccc(N2CCN(Cc3nc4ccccc4c(=O)n3CC#N)CC2)c1. The number of benzene rings is 2. The maximum Gasteiger partial charge on any atom is 0.262 e. The van der Waals surface area contributed by atoms with Crippen LogP contribution in [0.2, 0.25) is 0 Å². The molecule has 2 aromatic carbocycles. The lowest BCUT2D eigenvalue weighted by Crippen LogP contribution is -2.46. The molecule has 1 aliphatic heterocycles. The maximum absolute atomic E-state index is 12.8. The van der Waals surface area contributed by atoms with Gasteiger partial charge in [-0.05, 0) is 36.8 Å². The molecular formula is C22H23N5O. The molecule has 0 radical (unpaired) electrons. The normalized spacial score (nSPS) is 14.9. The van der Waals surface area contributed by atoms with Crippen molar-refractivity contribution in [3.63, 3.8) is 0 Å². The van der Waals surface area contributed by atoms with E-state index >= 15 is 0 Å². The van der Waals surface area contributed by atoms with Crippen LogP contribution in [0.25, 0.3) is 10.9 Å². The summed E-state index contributed by atoms with van der Waals surface area (Å²) < 4.78 is 1.51.